The maximum Gasteiger partial charge on any atom is 0.125 e. The van der Waals surface area contributed by atoms with E-state index in [0.717, 1.165) is 17.9 Å². The lowest BCUT2D eigenvalue weighted by molar-refractivity contribution is 0.314. The molecule has 1 aliphatic rings. The summed E-state index contributed by atoms with van der Waals surface area (Å²) in [6, 6.07) is 4.71. The summed E-state index contributed by atoms with van der Waals surface area (Å²) < 4.78 is 12.7. The van der Waals surface area contributed by atoms with E-state index in [0.29, 0.717) is 5.69 Å². The van der Waals surface area contributed by atoms with Gasteiger partial charge in [-0.15, -0.1) is 0 Å². The molecule has 1 aromatic rings. The predicted molar refractivity (Wildman–Crippen MR) is 51.9 cm³/mol. The van der Waals surface area contributed by atoms with Crippen molar-refractivity contribution < 1.29 is 4.39 Å². The minimum atomic E-state index is -0.241. The van der Waals surface area contributed by atoms with Crippen molar-refractivity contribution in [1.29, 1.82) is 0 Å². The van der Waals surface area contributed by atoms with E-state index in [-0.39, 0.29) is 5.82 Å². The largest absolute Gasteiger partial charge is 0.398 e. The van der Waals surface area contributed by atoms with Crippen LogP contribution in [0.5, 0.6) is 0 Å². The Labute approximate surface area is 77.8 Å². The molecule has 0 aliphatic heterocycles. The molecule has 1 aromatic carbocycles. The lowest BCUT2D eigenvalue weighted by Crippen LogP contribution is -2.14. The predicted octanol–water partition coefficient (Wildman–Crippen LogP) is 2.75. The molecule has 0 bridgehead atoms. The van der Waals surface area contributed by atoms with Gasteiger partial charge in [0, 0.05) is 5.69 Å². The van der Waals surface area contributed by atoms with Crippen molar-refractivity contribution >= 4 is 5.69 Å². The van der Waals surface area contributed by atoms with Crippen LogP contribution in [0.1, 0.15) is 24.8 Å². The van der Waals surface area contributed by atoms with Gasteiger partial charge < -0.3 is 5.73 Å². The number of nitrogen functional groups attached to an aromatic ring is 1. The lowest BCUT2D eigenvalue weighted by atomic mass is 9.81. The number of rotatable bonds is 2. The van der Waals surface area contributed by atoms with Crippen LogP contribution in [-0.4, -0.2) is 0 Å². The molecule has 0 saturated heterocycles. The SMILES string of the molecule is Nc1cc(F)ccc1CC1CCC1. The Morgan fingerprint density at radius 3 is 2.69 bits per heavy atom. The Morgan fingerprint density at radius 1 is 1.38 bits per heavy atom. The molecule has 1 nitrogen and oxygen atoms in total. The van der Waals surface area contributed by atoms with Crippen LogP contribution < -0.4 is 5.73 Å². The maximum atomic E-state index is 12.7. The van der Waals surface area contributed by atoms with Gasteiger partial charge in [0.2, 0.25) is 0 Å². The molecule has 0 radical (unpaired) electrons. The van der Waals surface area contributed by atoms with Gasteiger partial charge in [-0.1, -0.05) is 25.3 Å². The first-order valence-corrected chi connectivity index (χ1v) is 4.79. The lowest BCUT2D eigenvalue weighted by Gasteiger charge is -2.25. The van der Waals surface area contributed by atoms with Gasteiger partial charge in [0.05, 0.1) is 0 Å². The Morgan fingerprint density at radius 2 is 2.15 bits per heavy atom. The highest BCUT2D eigenvalue weighted by molar-refractivity contribution is 5.47. The Balaban J connectivity index is 2.10. The van der Waals surface area contributed by atoms with Gasteiger partial charge in [0.25, 0.3) is 0 Å². The van der Waals surface area contributed by atoms with Crippen molar-refractivity contribution in [2.45, 2.75) is 25.7 Å². The average molecular weight is 179 g/mol. The Bertz CT molecular complexity index is 305. The summed E-state index contributed by atoms with van der Waals surface area (Å²) in [5.41, 5.74) is 7.41. The first kappa shape index (κ1) is 8.54. The van der Waals surface area contributed by atoms with Crippen LogP contribution in [0.25, 0.3) is 0 Å². The van der Waals surface area contributed by atoms with Crippen molar-refractivity contribution in [2.24, 2.45) is 5.92 Å². The number of nitrogens with two attached hydrogens (primary N) is 1. The molecule has 0 aromatic heterocycles. The molecule has 0 heterocycles. The Kier molecular flexibility index (Phi) is 2.21. The number of hydrogen-bond donors (Lipinski definition) is 1. The first-order chi connectivity index (χ1) is 6.25. The molecule has 0 unspecified atom stereocenters. The molecule has 1 saturated carbocycles. The quantitative estimate of drug-likeness (QED) is 0.694. The van der Waals surface area contributed by atoms with E-state index in [4.69, 9.17) is 5.73 Å². The highest BCUT2D eigenvalue weighted by Gasteiger charge is 2.18. The van der Waals surface area contributed by atoms with Gasteiger partial charge in [0.1, 0.15) is 5.82 Å². The van der Waals surface area contributed by atoms with Crippen molar-refractivity contribution in [3.63, 3.8) is 0 Å². The van der Waals surface area contributed by atoms with Crippen LogP contribution in [0.4, 0.5) is 10.1 Å². The smallest absolute Gasteiger partial charge is 0.125 e. The second kappa shape index (κ2) is 3.36. The van der Waals surface area contributed by atoms with E-state index >= 15 is 0 Å². The highest BCUT2D eigenvalue weighted by Crippen LogP contribution is 2.31. The van der Waals surface area contributed by atoms with Gasteiger partial charge in [-0.25, -0.2) is 4.39 Å². The molecular weight excluding hydrogens is 165 g/mol. The third-order valence-electron chi connectivity index (χ3n) is 2.84. The van der Waals surface area contributed by atoms with Crippen molar-refractivity contribution in [1.82, 2.24) is 0 Å². The zero-order valence-electron chi connectivity index (χ0n) is 7.59. The van der Waals surface area contributed by atoms with Crippen molar-refractivity contribution in [2.75, 3.05) is 5.73 Å². The molecule has 70 valence electrons. The highest BCUT2D eigenvalue weighted by atomic mass is 19.1. The van der Waals surface area contributed by atoms with Gasteiger partial charge in [-0.3, -0.25) is 0 Å². The summed E-state index contributed by atoms with van der Waals surface area (Å²) in [7, 11) is 0. The molecule has 2 rings (SSSR count). The summed E-state index contributed by atoms with van der Waals surface area (Å²) in [6.45, 7) is 0. The van der Waals surface area contributed by atoms with E-state index in [1.54, 1.807) is 0 Å². The zero-order chi connectivity index (χ0) is 9.26. The van der Waals surface area contributed by atoms with Gasteiger partial charge in [-0.05, 0) is 30.0 Å². The fraction of sp³-hybridized carbons (Fsp3) is 0.455. The summed E-state index contributed by atoms with van der Waals surface area (Å²) >= 11 is 0. The minimum Gasteiger partial charge on any atom is -0.398 e. The van der Waals surface area contributed by atoms with Crippen LogP contribution in [0.2, 0.25) is 0 Å². The molecule has 0 amide bonds. The van der Waals surface area contributed by atoms with Gasteiger partial charge >= 0.3 is 0 Å². The fourth-order valence-electron chi connectivity index (χ4n) is 1.76. The topological polar surface area (TPSA) is 26.0 Å². The average Bonchev–Trinajstić information content (AvgIpc) is 1.99. The number of hydrogen-bond acceptors (Lipinski definition) is 1. The second-order valence-electron chi connectivity index (χ2n) is 3.84. The normalized spacial score (nSPS) is 17.0. The number of halogens is 1. The second-order valence-corrected chi connectivity index (χ2v) is 3.84. The van der Waals surface area contributed by atoms with Gasteiger partial charge in [0.15, 0.2) is 0 Å². The van der Waals surface area contributed by atoms with Crippen LogP contribution >= 0.6 is 0 Å². The monoisotopic (exact) mass is 179 g/mol. The summed E-state index contributed by atoms with van der Waals surface area (Å²) in [4.78, 5) is 0. The van der Waals surface area contributed by atoms with Crippen LogP contribution in [-0.2, 0) is 6.42 Å². The fourth-order valence-corrected chi connectivity index (χ4v) is 1.76. The van der Waals surface area contributed by atoms with E-state index in [2.05, 4.69) is 0 Å². The molecule has 2 N–H and O–H groups in total. The number of benzene rings is 1. The third kappa shape index (κ3) is 1.82. The summed E-state index contributed by atoms with van der Waals surface area (Å²) in [5, 5.41) is 0. The van der Waals surface area contributed by atoms with E-state index in [9.17, 15) is 4.39 Å². The Hall–Kier alpha value is -1.05. The standard InChI is InChI=1S/C11H14FN/c12-10-5-4-9(11(13)7-10)6-8-2-1-3-8/h4-5,7-8H,1-3,6,13H2. The molecule has 0 spiro atoms. The molecule has 2 heteroatoms. The molecule has 1 aliphatic carbocycles. The van der Waals surface area contributed by atoms with Gasteiger partial charge in [-0.2, -0.15) is 0 Å². The minimum absolute atomic E-state index is 0.241. The number of anilines is 1. The summed E-state index contributed by atoms with van der Waals surface area (Å²) in [6.07, 6.45) is 4.96. The summed E-state index contributed by atoms with van der Waals surface area (Å²) in [5.74, 6) is 0.544. The first-order valence-electron chi connectivity index (χ1n) is 4.79. The molecule has 0 atom stereocenters. The van der Waals surface area contributed by atoms with E-state index in [1.807, 2.05) is 6.07 Å². The maximum absolute atomic E-state index is 12.7. The van der Waals surface area contributed by atoms with Crippen LogP contribution in [0.15, 0.2) is 18.2 Å². The van der Waals surface area contributed by atoms with E-state index < -0.39 is 0 Å². The zero-order valence-corrected chi connectivity index (χ0v) is 7.59. The molecule has 13 heavy (non-hydrogen) atoms. The molecule has 1 fully saturated rings. The molecular formula is C11H14FN. The van der Waals surface area contributed by atoms with Crippen molar-refractivity contribution in [3.8, 4) is 0 Å². The van der Waals surface area contributed by atoms with Crippen LogP contribution in [0, 0.1) is 11.7 Å². The third-order valence-corrected chi connectivity index (χ3v) is 2.84. The van der Waals surface area contributed by atoms with E-state index in [1.165, 1.54) is 31.4 Å². The van der Waals surface area contributed by atoms with Crippen LogP contribution in [0.3, 0.4) is 0 Å². The van der Waals surface area contributed by atoms with Crippen molar-refractivity contribution in [3.05, 3.63) is 29.6 Å².